The standard InChI is InChI=1S/C12H19N3O3/c1-4-8(2)10(11(16)17)13-5-9-6-14-12(18-3)15-7-9/h6-8,10,13H,4-5H2,1-3H3,(H,16,17)/t8-,10+/m1/s1. The van der Waals surface area contributed by atoms with Crippen LogP contribution < -0.4 is 10.1 Å². The van der Waals surface area contributed by atoms with Gasteiger partial charge in [-0.05, 0) is 5.92 Å². The number of carboxylic acids is 1. The predicted molar refractivity (Wildman–Crippen MR) is 66.3 cm³/mol. The van der Waals surface area contributed by atoms with Crippen molar-refractivity contribution in [2.45, 2.75) is 32.9 Å². The van der Waals surface area contributed by atoms with Crippen LogP contribution in [0.3, 0.4) is 0 Å². The highest BCUT2D eigenvalue weighted by atomic mass is 16.5. The van der Waals surface area contributed by atoms with E-state index in [0.717, 1.165) is 12.0 Å². The molecule has 0 radical (unpaired) electrons. The molecule has 0 amide bonds. The highest BCUT2D eigenvalue weighted by molar-refractivity contribution is 5.73. The Bertz CT molecular complexity index is 381. The van der Waals surface area contributed by atoms with E-state index < -0.39 is 12.0 Å². The van der Waals surface area contributed by atoms with Crippen molar-refractivity contribution in [3.63, 3.8) is 0 Å². The van der Waals surface area contributed by atoms with Crippen LogP contribution in [0, 0.1) is 5.92 Å². The molecule has 1 heterocycles. The summed E-state index contributed by atoms with van der Waals surface area (Å²) in [6.45, 7) is 4.31. The van der Waals surface area contributed by atoms with Crippen molar-refractivity contribution >= 4 is 5.97 Å². The minimum Gasteiger partial charge on any atom is -0.480 e. The Morgan fingerprint density at radius 3 is 2.56 bits per heavy atom. The fourth-order valence-electron chi connectivity index (χ4n) is 1.54. The summed E-state index contributed by atoms with van der Waals surface area (Å²) in [6.07, 6.45) is 4.05. The maximum absolute atomic E-state index is 11.1. The second-order valence-corrected chi connectivity index (χ2v) is 4.16. The molecule has 18 heavy (non-hydrogen) atoms. The molecule has 0 fully saturated rings. The monoisotopic (exact) mass is 253 g/mol. The zero-order chi connectivity index (χ0) is 13.5. The van der Waals surface area contributed by atoms with Crippen LogP contribution in [0.5, 0.6) is 6.01 Å². The van der Waals surface area contributed by atoms with E-state index in [4.69, 9.17) is 9.84 Å². The summed E-state index contributed by atoms with van der Waals surface area (Å²) in [5.74, 6) is -0.763. The van der Waals surface area contributed by atoms with E-state index in [-0.39, 0.29) is 5.92 Å². The minimum absolute atomic E-state index is 0.0710. The van der Waals surface area contributed by atoms with Crippen LogP contribution in [-0.4, -0.2) is 34.2 Å². The van der Waals surface area contributed by atoms with Gasteiger partial charge in [-0.3, -0.25) is 10.1 Å². The van der Waals surface area contributed by atoms with Gasteiger partial charge in [-0.25, -0.2) is 9.97 Å². The fraction of sp³-hybridized carbons (Fsp3) is 0.583. The number of methoxy groups -OCH3 is 1. The van der Waals surface area contributed by atoms with Crippen LogP contribution in [0.15, 0.2) is 12.4 Å². The first-order valence-corrected chi connectivity index (χ1v) is 5.89. The van der Waals surface area contributed by atoms with Crippen LogP contribution >= 0.6 is 0 Å². The number of nitrogens with zero attached hydrogens (tertiary/aromatic N) is 2. The van der Waals surface area contributed by atoms with Gasteiger partial charge in [0, 0.05) is 24.5 Å². The molecule has 6 heteroatoms. The molecule has 1 rings (SSSR count). The number of carbonyl (C=O) groups is 1. The summed E-state index contributed by atoms with van der Waals surface area (Å²) in [5, 5.41) is 12.1. The highest BCUT2D eigenvalue weighted by Crippen LogP contribution is 2.09. The molecular weight excluding hydrogens is 234 g/mol. The van der Waals surface area contributed by atoms with Crippen LogP contribution in [0.4, 0.5) is 0 Å². The lowest BCUT2D eigenvalue weighted by molar-refractivity contribution is -0.140. The third kappa shape index (κ3) is 3.96. The van der Waals surface area contributed by atoms with Gasteiger partial charge in [0.1, 0.15) is 6.04 Å². The molecule has 0 aliphatic carbocycles. The third-order valence-corrected chi connectivity index (χ3v) is 2.87. The zero-order valence-corrected chi connectivity index (χ0v) is 10.9. The van der Waals surface area contributed by atoms with Gasteiger partial charge in [0.05, 0.1) is 7.11 Å². The molecule has 2 atom stereocenters. The molecule has 0 bridgehead atoms. The first-order valence-electron chi connectivity index (χ1n) is 5.89. The summed E-state index contributed by atoms with van der Waals surface area (Å²) in [4.78, 5) is 19.0. The Labute approximate surface area is 106 Å². The van der Waals surface area contributed by atoms with Gasteiger partial charge < -0.3 is 9.84 Å². The SMILES string of the molecule is CC[C@@H](C)[C@H](NCc1cnc(OC)nc1)C(=O)O. The van der Waals surface area contributed by atoms with Crippen molar-refractivity contribution in [2.24, 2.45) is 5.92 Å². The molecule has 6 nitrogen and oxygen atoms in total. The molecule has 0 unspecified atom stereocenters. The summed E-state index contributed by atoms with van der Waals surface area (Å²) in [5.41, 5.74) is 0.824. The van der Waals surface area contributed by atoms with E-state index in [1.54, 1.807) is 12.4 Å². The molecule has 100 valence electrons. The molecule has 0 spiro atoms. The first kappa shape index (κ1) is 14.4. The number of hydrogen-bond acceptors (Lipinski definition) is 5. The van der Waals surface area contributed by atoms with Gasteiger partial charge in [-0.1, -0.05) is 20.3 Å². The van der Waals surface area contributed by atoms with E-state index >= 15 is 0 Å². The Morgan fingerprint density at radius 1 is 1.50 bits per heavy atom. The van der Waals surface area contributed by atoms with Crippen LogP contribution in [-0.2, 0) is 11.3 Å². The topological polar surface area (TPSA) is 84.3 Å². The number of ether oxygens (including phenoxy) is 1. The molecule has 1 aromatic rings. The number of carboxylic acid groups (broad SMARTS) is 1. The quantitative estimate of drug-likeness (QED) is 0.756. The highest BCUT2D eigenvalue weighted by Gasteiger charge is 2.22. The van der Waals surface area contributed by atoms with Gasteiger partial charge in [0.15, 0.2) is 0 Å². The Balaban J connectivity index is 2.58. The Hall–Kier alpha value is -1.69. The molecule has 2 N–H and O–H groups in total. The molecule has 0 aromatic carbocycles. The average Bonchev–Trinajstić information content (AvgIpc) is 2.39. The second-order valence-electron chi connectivity index (χ2n) is 4.16. The van der Waals surface area contributed by atoms with E-state index in [2.05, 4.69) is 15.3 Å². The maximum Gasteiger partial charge on any atom is 0.320 e. The van der Waals surface area contributed by atoms with Crippen molar-refractivity contribution in [1.82, 2.24) is 15.3 Å². The average molecular weight is 253 g/mol. The van der Waals surface area contributed by atoms with Gasteiger partial charge >= 0.3 is 12.0 Å². The van der Waals surface area contributed by atoms with E-state index in [1.807, 2.05) is 13.8 Å². The van der Waals surface area contributed by atoms with Crippen molar-refractivity contribution in [3.05, 3.63) is 18.0 Å². The number of aliphatic carboxylic acids is 1. The summed E-state index contributed by atoms with van der Waals surface area (Å²) >= 11 is 0. The lowest BCUT2D eigenvalue weighted by Gasteiger charge is -2.20. The second kappa shape index (κ2) is 6.90. The van der Waals surface area contributed by atoms with Crippen LogP contribution in [0.1, 0.15) is 25.8 Å². The number of aromatic nitrogens is 2. The lowest BCUT2D eigenvalue weighted by Crippen LogP contribution is -2.41. The summed E-state index contributed by atoms with van der Waals surface area (Å²) in [7, 11) is 1.50. The molecule has 0 saturated carbocycles. The van der Waals surface area contributed by atoms with Crippen molar-refractivity contribution in [3.8, 4) is 6.01 Å². The smallest absolute Gasteiger partial charge is 0.320 e. The zero-order valence-electron chi connectivity index (χ0n) is 10.9. The predicted octanol–water partition coefficient (Wildman–Crippen LogP) is 1.07. The molecule has 1 aromatic heterocycles. The lowest BCUT2D eigenvalue weighted by atomic mass is 9.99. The van der Waals surface area contributed by atoms with E-state index in [9.17, 15) is 4.79 Å². The van der Waals surface area contributed by atoms with Crippen LogP contribution in [0.2, 0.25) is 0 Å². The van der Waals surface area contributed by atoms with Crippen molar-refractivity contribution in [2.75, 3.05) is 7.11 Å². The number of rotatable bonds is 7. The number of hydrogen-bond donors (Lipinski definition) is 2. The van der Waals surface area contributed by atoms with E-state index in [0.29, 0.717) is 12.6 Å². The van der Waals surface area contributed by atoms with Gasteiger partial charge in [-0.2, -0.15) is 0 Å². The maximum atomic E-state index is 11.1. The largest absolute Gasteiger partial charge is 0.480 e. The van der Waals surface area contributed by atoms with Gasteiger partial charge in [-0.15, -0.1) is 0 Å². The summed E-state index contributed by atoms with van der Waals surface area (Å²) < 4.78 is 4.85. The summed E-state index contributed by atoms with van der Waals surface area (Å²) in [6, 6.07) is -0.257. The van der Waals surface area contributed by atoms with Crippen molar-refractivity contribution < 1.29 is 14.6 Å². The van der Waals surface area contributed by atoms with E-state index in [1.165, 1.54) is 7.11 Å². The molecule has 0 saturated heterocycles. The molecule has 0 aliphatic heterocycles. The van der Waals surface area contributed by atoms with Gasteiger partial charge in [0.25, 0.3) is 0 Å². The van der Waals surface area contributed by atoms with Crippen LogP contribution in [0.25, 0.3) is 0 Å². The molecule has 0 aliphatic rings. The number of nitrogens with one attached hydrogen (secondary N) is 1. The van der Waals surface area contributed by atoms with Crippen molar-refractivity contribution in [1.29, 1.82) is 0 Å². The third-order valence-electron chi connectivity index (χ3n) is 2.87. The first-order chi connectivity index (χ1) is 8.58. The Kier molecular flexibility index (Phi) is 5.51. The van der Waals surface area contributed by atoms with Gasteiger partial charge in [0.2, 0.25) is 0 Å². The minimum atomic E-state index is -0.834. The Morgan fingerprint density at radius 2 is 2.11 bits per heavy atom. The molecular formula is C12H19N3O3. The fourth-order valence-corrected chi connectivity index (χ4v) is 1.54. The normalized spacial score (nSPS) is 13.9.